The molecule has 4 heteroatoms. The Morgan fingerprint density at radius 1 is 1.21 bits per heavy atom. The first-order valence-electron chi connectivity index (χ1n) is 6.67. The van der Waals surface area contributed by atoms with Crippen LogP contribution in [-0.4, -0.2) is 26.4 Å². The van der Waals surface area contributed by atoms with Crippen molar-refractivity contribution >= 4 is 11.6 Å². The van der Waals surface area contributed by atoms with E-state index in [9.17, 15) is 0 Å². The molecule has 3 atom stereocenters. The molecule has 0 amide bonds. The highest BCUT2D eigenvalue weighted by Crippen LogP contribution is 2.40. The van der Waals surface area contributed by atoms with Gasteiger partial charge in [-0.25, -0.2) is 0 Å². The molecule has 0 aliphatic carbocycles. The van der Waals surface area contributed by atoms with Gasteiger partial charge in [-0.3, -0.25) is 0 Å². The van der Waals surface area contributed by atoms with E-state index in [0.717, 1.165) is 29.2 Å². The van der Waals surface area contributed by atoms with Crippen LogP contribution in [0.1, 0.15) is 38.2 Å². The minimum absolute atomic E-state index is 0.342. The normalized spacial score (nSPS) is 23.0. The molecule has 1 saturated heterocycles. The number of ether oxygens (including phenoxy) is 3. The third kappa shape index (κ3) is 3.15. The molecule has 0 saturated carbocycles. The Morgan fingerprint density at radius 2 is 1.84 bits per heavy atom. The van der Waals surface area contributed by atoms with Crippen LogP contribution in [0.4, 0.5) is 0 Å². The topological polar surface area (TPSA) is 31.0 Å². The van der Waals surface area contributed by atoms with E-state index in [1.165, 1.54) is 0 Å². The maximum Gasteiger partial charge on any atom is 0.162 e. The van der Waals surface area contributed by atoms with Gasteiger partial charge in [0.05, 0.1) is 26.4 Å². The van der Waals surface area contributed by atoms with Crippen LogP contribution in [0.3, 0.4) is 0 Å². The number of benzene rings is 1. The highest BCUT2D eigenvalue weighted by molar-refractivity contribution is 6.31. The number of rotatable bonds is 6. The Labute approximate surface area is 119 Å². The van der Waals surface area contributed by atoms with Crippen molar-refractivity contribution in [3.8, 4) is 11.5 Å². The summed E-state index contributed by atoms with van der Waals surface area (Å²) in [5.74, 6) is 1.73. The fourth-order valence-electron chi connectivity index (χ4n) is 2.47. The number of halogens is 1. The van der Waals surface area contributed by atoms with Crippen molar-refractivity contribution in [1.29, 1.82) is 0 Å². The molecule has 1 fully saturated rings. The highest BCUT2D eigenvalue weighted by atomic mass is 35.5. The Balaban J connectivity index is 2.14. The van der Waals surface area contributed by atoms with Gasteiger partial charge in [-0.1, -0.05) is 25.4 Å². The molecule has 1 heterocycles. The largest absolute Gasteiger partial charge is 0.493 e. The molecule has 19 heavy (non-hydrogen) atoms. The molecule has 0 radical (unpaired) electrons. The first kappa shape index (κ1) is 14.5. The first-order valence-corrected chi connectivity index (χ1v) is 7.05. The molecule has 1 aromatic carbocycles. The predicted octanol–water partition coefficient (Wildman–Crippen LogP) is 4.03. The van der Waals surface area contributed by atoms with E-state index in [0.29, 0.717) is 23.9 Å². The van der Waals surface area contributed by atoms with Crippen molar-refractivity contribution in [1.82, 2.24) is 0 Å². The highest BCUT2D eigenvalue weighted by Gasteiger charge is 2.38. The molecule has 1 aromatic rings. The third-order valence-corrected chi connectivity index (χ3v) is 4.04. The number of hydrogen-bond acceptors (Lipinski definition) is 3. The van der Waals surface area contributed by atoms with Gasteiger partial charge < -0.3 is 14.2 Å². The fraction of sp³-hybridized carbons (Fsp3) is 0.600. The average molecular weight is 285 g/mol. The van der Waals surface area contributed by atoms with E-state index in [1.807, 2.05) is 12.1 Å². The zero-order chi connectivity index (χ0) is 14.0. The summed E-state index contributed by atoms with van der Waals surface area (Å²) >= 11 is 6.33. The van der Waals surface area contributed by atoms with Gasteiger partial charge in [-0.05, 0) is 30.4 Å². The molecule has 0 N–H and O–H groups in total. The lowest BCUT2D eigenvalue weighted by molar-refractivity contribution is 0.349. The maximum absolute atomic E-state index is 6.33. The van der Waals surface area contributed by atoms with Crippen LogP contribution in [-0.2, 0) is 4.74 Å². The zero-order valence-corrected chi connectivity index (χ0v) is 12.7. The lowest BCUT2D eigenvalue weighted by Crippen LogP contribution is -2.03. The van der Waals surface area contributed by atoms with E-state index in [2.05, 4.69) is 13.8 Å². The summed E-state index contributed by atoms with van der Waals surface area (Å²) in [4.78, 5) is 0. The monoisotopic (exact) mass is 284 g/mol. The lowest BCUT2D eigenvalue weighted by Gasteiger charge is -2.16. The Hall–Kier alpha value is -0.930. The SMILES string of the molecule is CCC1OC1CC(C)c1cc(OC)c(OC)cc1Cl. The van der Waals surface area contributed by atoms with Crippen LogP contribution in [0.25, 0.3) is 0 Å². The minimum atomic E-state index is 0.342. The van der Waals surface area contributed by atoms with Crippen LogP contribution in [0, 0.1) is 0 Å². The second kappa shape index (κ2) is 6.02. The molecule has 0 bridgehead atoms. The summed E-state index contributed by atoms with van der Waals surface area (Å²) in [5.41, 5.74) is 1.09. The van der Waals surface area contributed by atoms with E-state index < -0.39 is 0 Å². The second-order valence-electron chi connectivity index (χ2n) is 4.99. The van der Waals surface area contributed by atoms with E-state index in [4.69, 9.17) is 25.8 Å². The van der Waals surface area contributed by atoms with E-state index >= 15 is 0 Å². The summed E-state index contributed by atoms with van der Waals surface area (Å²) in [5, 5.41) is 0.721. The standard InChI is InChI=1S/C15H21ClO3/c1-5-12-15(19-12)6-9(2)10-7-13(17-3)14(18-4)8-11(10)16/h7-9,12,15H,5-6H2,1-4H3. The molecular formula is C15H21ClO3. The average Bonchev–Trinajstić information content (AvgIpc) is 3.16. The molecule has 3 unspecified atom stereocenters. The van der Waals surface area contributed by atoms with Gasteiger partial charge in [-0.2, -0.15) is 0 Å². The van der Waals surface area contributed by atoms with E-state index in [1.54, 1.807) is 14.2 Å². The lowest BCUT2D eigenvalue weighted by atomic mass is 9.94. The number of epoxide rings is 1. The molecule has 1 aliphatic rings. The number of methoxy groups -OCH3 is 2. The van der Waals surface area contributed by atoms with Crippen LogP contribution in [0.2, 0.25) is 5.02 Å². The quantitative estimate of drug-likeness (QED) is 0.739. The zero-order valence-electron chi connectivity index (χ0n) is 11.9. The van der Waals surface area contributed by atoms with Crippen LogP contribution >= 0.6 is 11.6 Å². The van der Waals surface area contributed by atoms with Crippen molar-refractivity contribution in [2.75, 3.05) is 14.2 Å². The molecule has 1 aliphatic heterocycles. The molecule has 2 rings (SSSR count). The summed E-state index contributed by atoms with van der Waals surface area (Å²) in [7, 11) is 3.25. The summed E-state index contributed by atoms with van der Waals surface area (Å²) in [6.45, 7) is 4.32. The van der Waals surface area contributed by atoms with Crippen LogP contribution in [0.5, 0.6) is 11.5 Å². The minimum Gasteiger partial charge on any atom is -0.493 e. The van der Waals surface area contributed by atoms with Crippen molar-refractivity contribution in [3.05, 3.63) is 22.7 Å². The predicted molar refractivity (Wildman–Crippen MR) is 76.5 cm³/mol. The third-order valence-electron chi connectivity index (χ3n) is 3.71. The second-order valence-corrected chi connectivity index (χ2v) is 5.39. The van der Waals surface area contributed by atoms with Gasteiger partial charge in [-0.15, -0.1) is 0 Å². The Bertz CT molecular complexity index is 447. The van der Waals surface area contributed by atoms with E-state index in [-0.39, 0.29) is 0 Å². The van der Waals surface area contributed by atoms with Crippen LogP contribution in [0.15, 0.2) is 12.1 Å². The van der Waals surface area contributed by atoms with Gasteiger partial charge in [0.25, 0.3) is 0 Å². The molecule has 106 valence electrons. The van der Waals surface area contributed by atoms with Gasteiger partial charge in [0.2, 0.25) is 0 Å². The summed E-state index contributed by atoms with van der Waals surface area (Å²) in [6, 6.07) is 3.78. The molecule has 3 nitrogen and oxygen atoms in total. The summed E-state index contributed by atoms with van der Waals surface area (Å²) in [6.07, 6.45) is 2.88. The Kier molecular flexibility index (Phi) is 4.58. The van der Waals surface area contributed by atoms with Crippen molar-refractivity contribution < 1.29 is 14.2 Å². The summed E-state index contributed by atoms with van der Waals surface area (Å²) < 4.78 is 16.2. The Morgan fingerprint density at radius 3 is 2.37 bits per heavy atom. The number of hydrogen-bond donors (Lipinski definition) is 0. The van der Waals surface area contributed by atoms with Crippen LogP contribution < -0.4 is 9.47 Å². The van der Waals surface area contributed by atoms with Gasteiger partial charge >= 0.3 is 0 Å². The van der Waals surface area contributed by atoms with Gasteiger partial charge in [0.1, 0.15) is 0 Å². The molecular weight excluding hydrogens is 264 g/mol. The van der Waals surface area contributed by atoms with Crippen molar-refractivity contribution in [3.63, 3.8) is 0 Å². The first-order chi connectivity index (χ1) is 9.10. The van der Waals surface area contributed by atoms with Gasteiger partial charge in [0.15, 0.2) is 11.5 Å². The maximum atomic E-state index is 6.33. The molecule has 0 spiro atoms. The molecule has 0 aromatic heterocycles. The smallest absolute Gasteiger partial charge is 0.162 e. The van der Waals surface area contributed by atoms with Crippen molar-refractivity contribution in [2.45, 2.75) is 44.8 Å². The van der Waals surface area contributed by atoms with Gasteiger partial charge in [0, 0.05) is 11.1 Å². The van der Waals surface area contributed by atoms with Crippen molar-refractivity contribution in [2.24, 2.45) is 0 Å². The fourth-order valence-corrected chi connectivity index (χ4v) is 2.81.